The van der Waals surface area contributed by atoms with Gasteiger partial charge < -0.3 is 0 Å². The third-order valence-corrected chi connectivity index (χ3v) is 2.47. The third kappa shape index (κ3) is 1.65. The fourth-order valence-corrected chi connectivity index (χ4v) is 1.63. The van der Waals surface area contributed by atoms with Crippen LogP contribution in [0.15, 0.2) is 15.1 Å². The molecule has 0 N–H and O–H groups in total. The molecule has 0 fully saturated rings. The number of rotatable bonds is 1. The van der Waals surface area contributed by atoms with E-state index in [-0.39, 0.29) is 10.0 Å². The van der Waals surface area contributed by atoms with Crippen molar-refractivity contribution in [2.75, 3.05) is 0 Å². The second-order valence-corrected chi connectivity index (χ2v) is 3.39. The molecule has 0 aliphatic heterocycles. The summed E-state index contributed by atoms with van der Waals surface area (Å²) in [5.74, 6) is -0.685. The summed E-state index contributed by atoms with van der Waals surface area (Å²) in [6, 6.07) is 0. The van der Waals surface area contributed by atoms with Crippen molar-refractivity contribution in [1.82, 2.24) is 4.98 Å². The summed E-state index contributed by atoms with van der Waals surface area (Å²) >= 11 is 5.94. The lowest BCUT2D eigenvalue weighted by atomic mass is 10.3. The molecule has 0 aliphatic rings. The lowest BCUT2D eigenvalue weighted by Crippen LogP contribution is -1.92. The van der Waals surface area contributed by atoms with Crippen molar-refractivity contribution < 1.29 is 9.18 Å². The molecule has 0 amide bonds. The van der Waals surface area contributed by atoms with E-state index in [4.69, 9.17) is 0 Å². The molecule has 58 valence electrons. The lowest BCUT2D eigenvalue weighted by molar-refractivity contribution is 0.112. The first kappa shape index (κ1) is 8.80. The minimum absolute atomic E-state index is 0.0851. The Hall–Kier alpha value is -0.290. The average Bonchev–Trinajstić information content (AvgIpc) is 1.99. The molecule has 0 aliphatic carbocycles. The normalized spacial score (nSPS) is 9.73. The van der Waals surface area contributed by atoms with Crippen LogP contribution in [0.5, 0.6) is 0 Å². The van der Waals surface area contributed by atoms with E-state index in [0.29, 0.717) is 10.8 Å². The highest BCUT2D eigenvalue weighted by atomic mass is 79.9. The van der Waals surface area contributed by atoms with Crippen LogP contribution in [0.3, 0.4) is 0 Å². The minimum Gasteiger partial charge on any atom is -0.298 e. The molecular formula is C6H2Br2FNO. The van der Waals surface area contributed by atoms with Crippen molar-refractivity contribution in [1.29, 1.82) is 0 Å². The second-order valence-electron chi connectivity index (χ2n) is 1.74. The van der Waals surface area contributed by atoms with Gasteiger partial charge in [-0.1, -0.05) is 0 Å². The number of aldehydes is 1. The van der Waals surface area contributed by atoms with E-state index in [1.807, 2.05) is 0 Å². The van der Waals surface area contributed by atoms with Gasteiger partial charge in [0.15, 0.2) is 6.29 Å². The quantitative estimate of drug-likeness (QED) is 0.585. The van der Waals surface area contributed by atoms with Gasteiger partial charge in [-0.2, -0.15) is 4.39 Å². The van der Waals surface area contributed by atoms with Crippen LogP contribution >= 0.6 is 31.9 Å². The van der Waals surface area contributed by atoms with Crippen molar-refractivity contribution in [3.63, 3.8) is 0 Å². The molecule has 0 atom stereocenters. The molecule has 0 bridgehead atoms. The highest BCUT2D eigenvalue weighted by Crippen LogP contribution is 2.24. The molecule has 0 aromatic carbocycles. The van der Waals surface area contributed by atoms with Crippen LogP contribution in [0.4, 0.5) is 4.39 Å². The van der Waals surface area contributed by atoms with Crippen molar-refractivity contribution >= 4 is 38.1 Å². The lowest BCUT2D eigenvalue weighted by Gasteiger charge is -1.98. The zero-order chi connectivity index (χ0) is 8.43. The molecular weight excluding hydrogens is 281 g/mol. The Bertz CT molecular complexity index is 303. The summed E-state index contributed by atoms with van der Waals surface area (Å²) in [7, 11) is 0. The monoisotopic (exact) mass is 281 g/mol. The summed E-state index contributed by atoms with van der Waals surface area (Å²) in [6.07, 6.45) is 1.79. The molecule has 1 aromatic rings. The number of nitrogens with zero attached hydrogens (tertiary/aromatic N) is 1. The summed E-state index contributed by atoms with van der Waals surface area (Å²) in [5.41, 5.74) is 0.234. The molecule has 0 spiro atoms. The maximum atomic E-state index is 12.6. The smallest absolute Gasteiger partial charge is 0.227 e. The van der Waals surface area contributed by atoms with Crippen LogP contribution in [0.1, 0.15) is 10.4 Å². The van der Waals surface area contributed by atoms with Gasteiger partial charge in [-0.3, -0.25) is 4.79 Å². The van der Waals surface area contributed by atoms with Gasteiger partial charge in [-0.05, 0) is 31.9 Å². The van der Waals surface area contributed by atoms with Gasteiger partial charge in [0, 0.05) is 16.2 Å². The fourth-order valence-electron chi connectivity index (χ4n) is 0.564. The number of carbonyl (C=O) groups excluding carboxylic acids is 1. The van der Waals surface area contributed by atoms with Crippen molar-refractivity contribution in [3.05, 3.63) is 26.7 Å². The summed E-state index contributed by atoms with van der Waals surface area (Å²) < 4.78 is 13.2. The molecule has 5 heteroatoms. The molecule has 0 saturated heterocycles. The van der Waals surface area contributed by atoms with Crippen LogP contribution in [0, 0.1) is 5.95 Å². The minimum atomic E-state index is -0.685. The first-order valence-electron chi connectivity index (χ1n) is 2.61. The molecule has 11 heavy (non-hydrogen) atoms. The predicted molar refractivity (Wildman–Crippen MR) is 45.0 cm³/mol. The van der Waals surface area contributed by atoms with Gasteiger partial charge in [-0.15, -0.1) is 0 Å². The van der Waals surface area contributed by atoms with E-state index in [0.717, 1.165) is 0 Å². The van der Waals surface area contributed by atoms with Gasteiger partial charge in [0.05, 0.1) is 4.47 Å². The van der Waals surface area contributed by atoms with Crippen LogP contribution < -0.4 is 0 Å². The zero-order valence-corrected chi connectivity index (χ0v) is 8.32. The van der Waals surface area contributed by atoms with E-state index in [1.54, 1.807) is 0 Å². The van der Waals surface area contributed by atoms with Crippen molar-refractivity contribution in [2.45, 2.75) is 0 Å². The highest BCUT2D eigenvalue weighted by molar-refractivity contribution is 9.11. The topological polar surface area (TPSA) is 30.0 Å². The van der Waals surface area contributed by atoms with Crippen molar-refractivity contribution in [2.24, 2.45) is 0 Å². The van der Waals surface area contributed by atoms with E-state index >= 15 is 0 Å². The molecule has 1 heterocycles. The number of pyridine rings is 1. The molecule has 2 nitrogen and oxygen atoms in total. The molecule has 0 unspecified atom stereocenters. The highest BCUT2D eigenvalue weighted by Gasteiger charge is 2.09. The Labute approximate surface area is 79.1 Å². The second kappa shape index (κ2) is 3.40. The number of hydrogen-bond acceptors (Lipinski definition) is 2. The Morgan fingerprint density at radius 2 is 2.18 bits per heavy atom. The number of aromatic nitrogens is 1. The number of hydrogen-bond donors (Lipinski definition) is 0. The van der Waals surface area contributed by atoms with E-state index in [9.17, 15) is 9.18 Å². The zero-order valence-electron chi connectivity index (χ0n) is 5.14. The number of carbonyl (C=O) groups is 1. The summed E-state index contributed by atoms with van der Waals surface area (Å²) in [4.78, 5) is 13.7. The standard InChI is InChI=1S/C6H2Br2FNO/c7-4-1-10-6(9)5(8)3(4)2-11/h1-2H. The van der Waals surface area contributed by atoms with Crippen molar-refractivity contribution in [3.8, 4) is 0 Å². The molecule has 1 aromatic heterocycles. The Kier molecular flexibility index (Phi) is 2.72. The van der Waals surface area contributed by atoms with Crippen LogP contribution in [-0.2, 0) is 0 Å². The first-order valence-corrected chi connectivity index (χ1v) is 4.20. The van der Waals surface area contributed by atoms with Crippen LogP contribution in [0.2, 0.25) is 0 Å². The Balaban J connectivity index is 3.40. The van der Waals surface area contributed by atoms with Gasteiger partial charge >= 0.3 is 0 Å². The Morgan fingerprint density at radius 1 is 1.55 bits per heavy atom. The fraction of sp³-hybridized carbons (Fsp3) is 0. The molecule has 0 saturated carbocycles. The summed E-state index contributed by atoms with van der Waals surface area (Å²) in [6.45, 7) is 0. The van der Waals surface area contributed by atoms with Gasteiger partial charge in [0.2, 0.25) is 5.95 Å². The summed E-state index contributed by atoms with van der Waals surface area (Å²) in [5, 5.41) is 0. The first-order chi connectivity index (χ1) is 5.16. The average molecular weight is 283 g/mol. The largest absolute Gasteiger partial charge is 0.298 e. The van der Waals surface area contributed by atoms with E-state index in [2.05, 4.69) is 36.8 Å². The van der Waals surface area contributed by atoms with Gasteiger partial charge in [0.1, 0.15) is 0 Å². The van der Waals surface area contributed by atoms with Crippen LogP contribution in [-0.4, -0.2) is 11.3 Å². The maximum absolute atomic E-state index is 12.6. The van der Waals surface area contributed by atoms with Gasteiger partial charge in [0.25, 0.3) is 0 Å². The molecule has 1 rings (SSSR count). The van der Waals surface area contributed by atoms with E-state index in [1.165, 1.54) is 6.20 Å². The Morgan fingerprint density at radius 3 is 2.64 bits per heavy atom. The maximum Gasteiger partial charge on any atom is 0.227 e. The van der Waals surface area contributed by atoms with Crippen LogP contribution in [0.25, 0.3) is 0 Å². The third-order valence-electron chi connectivity index (χ3n) is 1.08. The molecule has 0 radical (unpaired) electrons. The van der Waals surface area contributed by atoms with E-state index < -0.39 is 5.95 Å². The SMILES string of the molecule is O=Cc1c(Br)cnc(F)c1Br. The predicted octanol–water partition coefficient (Wildman–Crippen LogP) is 2.56. The van der Waals surface area contributed by atoms with Gasteiger partial charge in [-0.25, -0.2) is 4.98 Å². The number of halogens is 3.